The number of rotatable bonds is 12. The number of benzene rings is 1. The van der Waals surface area contributed by atoms with Gasteiger partial charge in [-0.25, -0.2) is 0 Å². The molecule has 562 valence electrons. The van der Waals surface area contributed by atoms with Crippen molar-refractivity contribution in [2.45, 2.75) is 257 Å². The topological polar surface area (TPSA) is 653 Å². The zero-order chi connectivity index (χ0) is 71.0. The first kappa shape index (κ1) is 81.6. The van der Waals surface area contributed by atoms with Crippen LogP contribution in [0.1, 0.15) is 5.56 Å². The number of aliphatic hydroxyl groups excluding tert-OH is 23. The van der Waals surface area contributed by atoms with Crippen LogP contribution in [0.15, 0.2) is 29.2 Å². The number of hydrogen-bond acceptors (Lipinski definition) is 42. The van der Waals surface area contributed by atoms with Crippen molar-refractivity contribution in [1.82, 2.24) is 0 Å². The maximum atomic E-state index is 11.9. The third kappa shape index (κ3) is 17.2. The summed E-state index contributed by atoms with van der Waals surface area (Å²) in [7, 11) is 0. The van der Waals surface area contributed by atoms with Crippen molar-refractivity contribution in [1.29, 1.82) is 0 Å². The van der Waals surface area contributed by atoms with E-state index < -0.39 is 304 Å². The molecule has 0 saturated carbocycles. The first-order valence-corrected chi connectivity index (χ1v) is 32.2. The number of thioether (sulfide) groups is 1. The molecule has 43 heteroatoms. The zero-order valence-electron chi connectivity index (χ0n) is 52.3. The van der Waals surface area contributed by atoms with Gasteiger partial charge in [-0.15, -0.1) is 11.8 Å². The summed E-state index contributed by atoms with van der Waals surface area (Å²) in [5.74, 6) is -1.67. The number of carboxylic acid groups (broad SMARTS) is 1. The molecule has 30 aliphatic rings. The van der Waals surface area contributed by atoms with Crippen molar-refractivity contribution in [3.05, 3.63) is 29.8 Å². The minimum atomic E-state index is -2.27. The number of carbonyl (C=O) groups is 1. The van der Waals surface area contributed by atoms with Crippen molar-refractivity contribution < 1.29 is 233 Å². The van der Waals surface area contributed by atoms with Crippen LogP contribution >= 0.6 is 11.8 Å². The summed E-state index contributed by atoms with van der Waals surface area (Å²) < 4.78 is 92.9. The average Bonchev–Trinajstić information content (AvgIpc) is 0.794. The molecule has 40 atom stereocenters. The molecule has 16 bridgehead atoms. The van der Waals surface area contributed by atoms with E-state index >= 15 is 0 Å². The smallest absolute Gasteiger partial charge is 0.550 e. The van der Waals surface area contributed by atoms with E-state index in [1.165, 1.54) is 24.3 Å². The molecular weight excluding hydrogens is 1380 g/mol. The van der Waals surface area contributed by atoms with Crippen LogP contribution < -0.4 is 34.7 Å². The SMILES string of the molecule is O=C([O-])Cc1ccc(SC[C@H]2O[C@@H]3O[C@H]4[C@H](O)[C@@H](O)[C@@H](O[C@H]5[C@H](O)[C@@H](O)[C@@H](O[C@H]6[C@H](O)[C@@H](O)[C@@H](O[C@H]7[C@H](O)[C@@H](O)[C@@H](O[C@H]8[C@H](O)[C@@H](O)[C@@H](O[C@H]9[C@H](O)[C@@H](O)[C@@H](O[C@H]%10[C@H](O)[C@@H](O)[C@@H](O[C@H]2[C@H](O)[C@H]3O)O[C@@H]%10CO)O[C@@H]9CO)O[C@@H]8CO)O[C@@H]7CO)O[C@@H]6CO)O[C@@H]5CO)O[C@@H]4CO)cc1.[Na+]. The fourth-order valence-corrected chi connectivity index (χ4v) is 13.9. The molecule has 30 fully saturated rings. The first-order chi connectivity index (χ1) is 46.7. The van der Waals surface area contributed by atoms with Crippen LogP contribution in [0.5, 0.6) is 0 Å². The molecule has 30 heterocycles. The van der Waals surface area contributed by atoms with Crippen LogP contribution in [-0.4, -0.2) is 421 Å². The monoisotopic (exact) mass is 1470 g/mol. The molecule has 1 aromatic rings. The molecule has 30 saturated heterocycles. The first-order valence-electron chi connectivity index (χ1n) is 31.2. The summed E-state index contributed by atoms with van der Waals surface area (Å²) in [6.45, 7) is -7.63. The summed E-state index contributed by atoms with van der Waals surface area (Å²) in [4.78, 5) is 11.7. The molecule has 41 nitrogen and oxygen atoms in total. The Morgan fingerprint density at radius 1 is 0.283 bits per heavy atom. The van der Waals surface area contributed by atoms with Gasteiger partial charge in [0.15, 0.2) is 50.3 Å². The van der Waals surface area contributed by atoms with Crippen LogP contribution in [0.3, 0.4) is 0 Å². The third-order valence-corrected chi connectivity index (χ3v) is 19.5. The van der Waals surface area contributed by atoms with Crippen LogP contribution in [0.25, 0.3) is 0 Å². The standard InChI is InChI=1S/C56H86O41S.Na/c57-6-16-41-25(66)33(74)49(82-16)91-42-17(7-58)84-51(35(76)27(42)68)93-44-19(9-60)86-53(37(78)29(44)70)95-46-21(11-62)88-55(39(80)31(46)72)97-48-23(13-98-15-3-1-14(2-4-15)5-24(64)65)89-56(40(81)32(48)73)96-47-22(12-63)87-54(38(79)30(47)71)94-45-20(10-61)85-52(36(77)28(45)69)92-43-18(8-59)83-50(90-41)34(75)26(43)67;/h1-4,16-23,25-63,66-81H,5-13H2,(H,64,65);/q;+1/p-1/t16-,17-,18-,19-,20-,21-,22-,23-,25-,26-,27-,28-,29-,30-,31-,32-,33-,34-,35-,36-,37-,38-,39-,40-,41-,42-,43-,44-,45-,46-,47-,48-,49-,50-,51-,52-,53-,54-,55-,56-;/m1./s1. The molecule has 0 radical (unpaired) electrons. The predicted octanol–water partition coefficient (Wildman–Crippen LogP) is -19.3. The van der Waals surface area contributed by atoms with Crippen molar-refractivity contribution in [2.24, 2.45) is 0 Å². The fraction of sp³-hybridized carbons (Fsp3) is 0.875. The molecule has 0 aromatic heterocycles. The summed E-state index contributed by atoms with van der Waals surface area (Å²) in [6, 6.07) is 5.94. The molecular formula is C56H85NaO41S. The Morgan fingerprint density at radius 2 is 0.455 bits per heavy atom. The van der Waals surface area contributed by atoms with Crippen LogP contribution in [0.4, 0.5) is 0 Å². The second-order valence-corrected chi connectivity index (χ2v) is 25.9. The third-order valence-electron chi connectivity index (χ3n) is 18.4. The predicted molar refractivity (Wildman–Crippen MR) is 300 cm³/mol. The van der Waals surface area contributed by atoms with Gasteiger partial charge in [0.1, 0.15) is 189 Å². The second-order valence-electron chi connectivity index (χ2n) is 24.8. The number of ether oxygens (including phenoxy) is 16. The second kappa shape index (κ2) is 35.5. The summed E-state index contributed by atoms with van der Waals surface area (Å²) >= 11 is 0.984. The van der Waals surface area contributed by atoms with E-state index in [9.17, 15) is 127 Å². The average molecular weight is 1470 g/mol. The maximum Gasteiger partial charge on any atom is 1.00 e. The van der Waals surface area contributed by atoms with E-state index in [1.807, 2.05) is 0 Å². The zero-order valence-corrected chi connectivity index (χ0v) is 55.1. The molecule has 30 aliphatic heterocycles. The maximum absolute atomic E-state index is 11.9. The molecule has 0 amide bonds. The van der Waals surface area contributed by atoms with E-state index in [-0.39, 0.29) is 35.3 Å². The van der Waals surface area contributed by atoms with Gasteiger partial charge in [-0.3, -0.25) is 0 Å². The Hall–Kier alpha value is -1.52. The van der Waals surface area contributed by atoms with Gasteiger partial charge >= 0.3 is 29.6 Å². The Bertz CT molecular complexity index is 2640. The summed E-state index contributed by atoms with van der Waals surface area (Å²) in [6.07, 6.45) is -82.6. The molecule has 0 unspecified atom stereocenters. The molecule has 0 spiro atoms. The largest absolute Gasteiger partial charge is 1.00 e. The van der Waals surface area contributed by atoms with Gasteiger partial charge < -0.3 is 203 Å². The number of carboxylic acids is 1. The van der Waals surface area contributed by atoms with E-state index in [0.717, 1.165) is 11.8 Å². The molecule has 99 heavy (non-hydrogen) atoms. The molecule has 1 aromatic carbocycles. The van der Waals surface area contributed by atoms with Crippen LogP contribution in [0.2, 0.25) is 0 Å². The van der Waals surface area contributed by atoms with E-state index in [1.54, 1.807) is 0 Å². The molecule has 31 rings (SSSR count). The quantitative estimate of drug-likeness (QED) is 0.0682. The number of hydrogen-bond donors (Lipinski definition) is 23. The van der Waals surface area contributed by atoms with Gasteiger partial charge in [0.2, 0.25) is 0 Å². The number of aliphatic hydroxyl groups is 23. The van der Waals surface area contributed by atoms with Crippen molar-refractivity contribution in [3.63, 3.8) is 0 Å². The molecule has 23 N–H and O–H groups in total. The van der Waals surface area contributed by atoms with Gasteiger partial charge in [-0.2, -0.15) is 0 Å². The Balaban J connectivity index is 0.0000114. The van der Waals surface area contributed by atoms with E-state index in [2.05, 4.69) is 0 Å². The van der Waals surface area contributed by atoms with Crippen molar-refractivity contribution >= 4 is 17.7 Å². The van der Waals surface area contributed by atoms with E-state index in [0.29, 0.717) is 10.5 Å². The minimum Gasteiger partial charge on any atom is -0.550 e. The summed E-state index contributed by atoms with van der Waals surface area (Å²) in [5, 5.41) is 270. The summed E-state index contributed by atoms with van der Waals surface area (Å²) in [5.41, 5.74) is 0.350. The number of carbonyl (C=O) groups excluding carboxylic acids is 1. The van der Waals surface area contributed by atoms with Gasteiger partial charge in [-0.05, 0) is 17.7 Å². The Kier molecular flexibility index (Phi) is 29.2. The fourth-order valence-electron chi connectivity index (χ4n) is 12.9. The number of aliphatic carboxylic acids is 1. The van der Waals surface area contributed by atoms with Gasteiger partial charge in [0.05, 0.1) is 52.4 Å². The Labute approximate surface area is 586 Å². The van der Waals surface area contributed by atoms with Crippen LogP contribution in [-0.2, 0) is 87.0 Å². The van der Waals surface area contributed by atoms with Gasteiger partial charge in [0.25, 0.3) is 0 Å². The van der Waals surface area contributed by atoms with Gasteiger partial charge in [-0.1, -0.05) is 12.1 Å². The van der Waals surface area contributed by atoms with Gasteiger partial charge in [0, 0.05) is 23.0 Å². The minimum absolute atomic E-state index is 0. The van der Waals surface area contributed by atoms with Crippen molar-refractivity contribution in [2.75, 3.05) is 52.0 Å². The Morgan fingerprint density at radius 3 is 0.626 bits per heavy atom. The van der Waals surface area contributed by atoms with Crippen molar-refractivity contribution in [3.8, 4) is 0 Å². The van der Waals surface area contributed by atoms with E-state index in [4.69, 9.17) is 75.8 Å². The normalized spacial score (nSPS) is 50.3. The molecule has 0 aliphatic carbocycles. The van der Waals surface area contributed by atoms with Crippen LogP contribution in [0, 0.1) is 0 Å².